The fourth-order valence-electron chi connectivity index (χ4n) is 2.58. The summed E-state index contributed by atoms with van der Waals surface area (Å²) in [6.45, 7) is 6.07. The van der Waals surface area contributed by atoms with Gasteiger partial charge in [-0.15, -0.1) is 6.58 Å². The van der Waals surface area contributed by atoms with Crippen LogP contribution in [0, 0.1) is 0 Å². The summed E-state index contributed by atoms with van der Waals surface area (Å²) >= 11 is 6.12. The molecule has 0 fully saturated rings. The topological polar surface area (TPSA) is 75.7 Å². The fourth-order valence-corrected chi connectivity index (χ4v) is 4.25. The van der Waals surface area contributed by atoms with E-state index in [0.717, 1.165) is 6.42 Å². The highest BCUT2D eigenvalue weighted by Crippen LogP contribution is 2.33. The lowest BCUT2D eigenvalue weighted by Gasteiger charge is -2.25. The molecule has 1 amide bonds. The minimum absolute atomic E-state index is 0.0305. The largest absolute Gasteiger partial charge is 0.495 e. The first kappa shape index (κ1) is 21.8. The van der Waals surface area contributed by atoms with Crippen molar-refractivity contribution in [2.45, 2.75) is 18.2 Å². The van der Waals surface area contributed by atoms with Crippen LogP contribution in [-0.4, -0.2) is 34.5 Å². The van der Waals surface area contributed by atoms with Crippen LogP contribution in [0.1, 0.15) is 23.7 Å². The van der Waals surface area contributed by atoms with Gasteiger partial charge in [0, 0.05) is 6.54 Å². The smallest absolute Gasteiger partial charge is 0.264 e. The van der Waals surface area contributed by atoms with Gasteiger partial charge in [-0.1, -0.05) is 36.7 Å². The Bertz CT molecular complexity index is 960. The molecule has 0 aliphatic carbocycles. The molecule has 0 radical (unpaired) electrons. The van der Waals surface area contributed by atoms with Crippen LogP contribution in [0.3, 0.4) is 0 Å². The molecule has 150 valence electrons. The summed E-state index contributed by atoms with van der Waals surface area (Å²) in [6, 6.07) is 10.9. The molecule has 28 heavy (non-hydrogen) atoms. The van der Waals surface area contributed by atoms with E-state index in [2.05, 4.69) is 11.9 Å². The van der Waals surface area contributed by atoms with Gasteiger partial charge in [-0.3, -0.25) is 9.10 Å². The molecule has 2 aromatic carbocycles. The standard InChI is InChI=1S/C20H23ClN2O4S/c1-4-12-22-20(24)16-14-15(10-11-17(16)21)28(25,26)23(13-5-2)18-8-6-7-9-19(18)27-3/h5-11,14H,2,4,12-13H2,1,3H3,(H,22,24). The Hall–Kier alpha value is -2.51. The van der Waals surface area contributed by atoms with E-state index in [4.69, 9.17) is 16.3 Å². The Morgan fingerprint density at radius 1 is 1.29 bits per heavy atom. The summed E-state index contributed by atoms with van der Waals surface area (Å²) in [5.41, 5.74) is 0.478. The van der Waals surface area contributed by atoms with E-state index in [1.165, 1.54) is 35.7 Å². The zero-order valence-corrected chi connectivity index (χ0v) is 17.4. The third kappa shape index (κ3) is 4.66. The average Bonchev–Trinajstić information content (AvgIpc) is 2.70. The third-order valence-electron chi connectivity index (χ3n) is 3.95. The van der Waals surface area contributed by atoms with Gasteiger partial charge in [-0.05, 0) is 36.8 Å². The van der Waals surface area contributed by atoms with Gasteiger partial charge in [0.1, 0.15) is 5.75 Å². The summed E-state index contributed by atoms with van der Waals surface area (Å²) in [6.07, 6.45) is 2.23. The Morgan fingerprint density at radius 2 is 2.00 bits per heavy atom. The number of halogens is 1. The number of hydrogen-bond acceptors (Lipinski definition) is 4. The van der Waals surface area contributed by atoms with Crippen LogP contribution in [0.25, 0.3) is 0 Å². The normalized spacial score (nSPS) is 11.0. The Kier molecular flexibility index (Phi) is 7.48. The van der Waals surface area contributed by atoms with Gasteiger partial charge in [0.2, 0.25) is 0 Å². The lowest BCUT2D eigenvalue weighted by atomic mass is 10.2. The molecule has 1 N–H and O–H groups in total. The minimum atomic E-state index is -4.00. The second-order valence-electron chi connectivity index (χ2n) is 5.89. The number of carbonyl (C=O) groups excluding carboxylic acids is 1. The number of methoxy groups -OCH3 is 1. The quantitative estimate of drug-likeness (QED) is 0.622. The highest BCUT2D eigenvalue weighted by molar-refractivity contribution is 7.92. The molecule has 2 rings (SSSR count). The highest BCUT2D eigenvalue weighted by atomic mass is 35.5. The van der Waals surface area contributed by atoms with Crippen molar-refractivity contribution in [3.63, 3.8) is 0 Å². The summed E-state index contributed by atoms with van der Waals surface area (Å²) < 4.78 is 33.2. The first-order valence-corrected chi connectivity index (χ1v) is 10.5. The van der Waals surface area contributed by atoms with Gasteiger partial charge in [0.25, 0.3) is 15.9 Å². The van der Waals surface area contributed by atoms with Gasteiger partial charge >= 0.3 is 0 Å². The van der Waals surface area contributed by atoms with E-state index in [0.29, 0.717) is 18.0 Å². The van der Waals surface area contributed by atoms with Gasteiger partial charge < -0.3 is 10.1 Å². The minimum Gasteiger partial charge on any atom is -0.495 e. The zero-order valence-electron chi connectivity index (χ0n) is 15.8. The molecule has 0 saturated heterocycles. The van der Waals surface area contributed by atoms with Crippen molar-refractivity contribution in [3.05, 3.63) is 65.7 Å². The van der Waals surface area contributed by atoms with Gasteiger partial charge in [0.05, 0.1) is 34.8 Å². The molecule has 0 spiro atoms. The summed E-state index contributed by atoms with van der Waals surface area (Å²) in [4.78, 5) is 12.3. The second-order valence-corrected chi connectivity index (χ2v) is 8.16. The maximum Gasteiger partial charge on any atom is 0.264 e. The molecule has 0 aliphatic rings. The molecule has 0 aromatic heterocycles. The van der Waals surface area contributed by atoms with E-state index in [1.807, 2.05) is 6.92 Å². The molecule has 8 heteroatoms. The van der Waals surface area contributed by atoms with Crippen molar-refractivity contribution in [3.8, 4) is 5.75 Å². The van der Waals surface area contributed by atoms with E-state index in [-0.39, 0.29) is 22.0 Å². The zero-order chi connectivity index (χ0) is 20.7. The summed E-state index contributed by atoms with van der Waals surface area (Å²) in [5.74, 6) is -0.0146. The summed E-state index contributed by atoms with van der Waals surface area (Å²) in [5, 5.41) is 2.89. The van der Waals surface area contributed by atoms with Crippen molar-refractivity contribution < 1.29 is 17.9 Å². The number of hydrogen-bond donors (Lipinski definition) is 1. The SMILES string of the molecule is C=CCN(c1ccccc1OC)S(=O)(=O)c1ccc(Cl)c(C(=O)NCCC)c1. The van der Waals surface area contributed by atoms with Crippen LogP contribution < -0.4 is 14.4 Å². The number of carbonyl (C=O) groups is 1. The number of benzene rings is 2. The number of amides is 1. The Balaban J connectivity index is 2.54. The molecule has 6 nitrogen and oxygen atoms in total. The molecule has 0 unspecified atom stereocenters. The van der Waals surface area contributed by atoms with E-state index < -0.39 is 15.9 Å². The van der Waals surface area contributed by atoms with E-state index >= 15 is 0 Å². The lowest BCUT2D eigenvalue weighted by Crippen LogP contribution is -2.32. The monoisotopic (exact) mass is 422 g/mol. The Morgan fingerprint density at radius 3 is 2.64 bits per heavy atom. The number of rotatable bonds is 9. The van der Waals surface area contributed by atoms with Crippen LogP contribution in [0.15, 0.2) is 60.0 Å². The fraction of sp³-hybridized carbons (Fsp3) is 0.250. The van der Waals surface area contributed by atoms with Crippen LogP contribution in [0.5, 0.6) is 5.75 Å². The number of para-hydroxylation sites is 2. The highest BCUT2D eigenvalue weighted by Gasteiger charge is 2.27. The van der Waals surface area contributed by atoms with Crippen LogP contribution in [0.2, 0.25) is 5.02 Å². The van der Waals surface area contributed by atoms with Gasteiger partial charge in [-0.25, -0.2) is 8.42 Å². The number of nitrogens with one attached hydrogen (secondary N) is 1. The van der Waals surface area contributed by atoms with Crippen LogP contribution in [0.4, 0.5) is 5.69 Å². The molecule has 0 heterocycles. The Labute approximate surface area is 170 Å². The predicted molar refractivity (Wildman–Crippen MR) is 112 cm³/mol. The van der Waals surface area contributed by atoms with Crippen molar-refractivity contribution in [2.75, 3.05) is 24.5 Å². The molecule has 0 aliphatic heterocycles. The maximum atomic E-state index is 13.3. The molecule has 0 bridgehead atoms. The van der Waals surface area contributed by atoms with Crippen LogP contribution >= 0.6 is 11.6 Å². The first-order valence-electron chi connectivity index (χ1n) is 8.71. The van der Waals surface area contributed by atoms with E-state index in [9.17, 15) is 13.2 Å². The lowest BCUT2D eigenvalue weighted by molar-refractivity contribution is 0.0953. The molecule has 2 aromatic rings. The molecular weight excluding hydrogens is 400 g/mol. The number of sulfonamides is 1. The van der Waals surface area contributed by atoms with Crippen LogP contribution in [-0.2, 0) is 10.0 Å². The summed E-state index contributed by atoms with van der Waals surface area (Å²) in [7, 11) is -2.53. The van der Waals surface area contributed by atoms with E-state index in [1.54, 1.807) is 24.3 Å². The first-order chi connectivity index (χ1) is 13.4. The third-order valence-corrected chi connectivity index (χ3v) is 6.06. The van der Waals surface area contributed by atoms with Gasteiger partial charge in [-0.2, -0.15) is 0 Å². The predicted octanol–water partition coefficient (Wildman–Crippen LogP) is 3.87. The molecular formula is C20H23ClN2O4S. The van der Waals surface area contributed by atoms with Crippen molar-refractivity contribution >= 4 is 33.2 Å². The van der Waals surface area contributed by atoms with Crippen molar-refractivity contribution in [1.82, 2.24) is 5.32 Å². The number of anilines is 1. The van der Waals surface area contributed by atoms with Crippen molar-refractivity contribution in [2.24, 2.45) is 0 Å². The number of ether oxygens (including phenoxy) is 1. The second kappa shape index (κ2) is 9.61. The number of nitrogens with zero attached hydrogens (tertiary/aromatic N) is 1. The average molecular weight is 423 g/mol. The van der Waals surface area contributed by atoms with Crippen molar-refractivity contribution in [1.29, 1.82) is 0 Å². The maximum absolute atomic E-state index is 13.3. The van der Waals surface area contributed by atoms with Gasteiger partial charge in [0.15, 0.2) is 0 Å². The molecule has 0 saturated carbocycles. The molecule has 0 atom stereocenters.